The number of benzene rings is 1. The molecule has 1 fully saturated rings. The van der Waals surface area contributed by atoms with Crippen LogP contribution in [0.15, 0.2) is 33.6 Å². The Balaban J connectivity index is 2.46. The Morgan fingerprint density at radius 1 is 1.47 bits per heavy atom. The molecule has 0 spiro atoms. The van der Waals surface area contributed by atoms with Crippen LogP contribution in [0.5, 0.6) is 0 Å². The maximum absolute atomic E-state index is 12.0. The van der Waals surface area contributed by atoms with Gasteiger partial charge < -0.3 is 0 Å². The number of nitrogens with zero attached hydrogens (tertiary/aromatic N) is 1. The number of hydrogen-bond acceptors (Lipinski definition) is 3. The molecule has 1 aliphatic rings. The van der Waals surface area contributed by atoms with Crippen LogP contribution in [0.1, 0.15) is 12.5 Å². The Morgan fingerprint density at radius 3 is 2.71 bits per heavy atom. The van der Waals surface area contributed by atoms with Gasteiger partial charge in [0.05, 0.1) is 4.91 Å². The predicted octanol–water partition coefficient (Wildman–Crippen LogP) is 3.67. The highest BCUT2D eigenvalue weighted by Crippen LogP contribution is 2.36. The molecule has 1 aromatic carbocycles. The quantitative estimate of drug-likeness (QED) is 0.579. The van der Waals surface area contributed by atoms with Crippen LogP contribution in [0.25, 0.3) is 5.57 Å². The molecule has 2 rings (SSSR count). The highest BCUT2D eigenvalue weighted by molar-refractivity contribution is 9.10. The van der Waals surface area contributed by atoms with Gasteiger partial charge in [-0.05, 0) is 30.2 Å². The van der Waals surface area contributed by atoms with Gasteiger partial charge in [0.25, 0.3) is 5.91 Å². The molecule has 0 aromatic heterocycles. The van der Waals surface area contributed by atoms with E-state index < -0.39 is 0 Å². The Hall–Kier alpha value is -0.650. The van der Waals surface area contributed by atoms with Crippen molar-refractivity contribution in [2.24, 2.45) is 0 Å². The van der Waals surface area contributed by atoms with E-state index in [1.54, 1.807) is 7.05 Å². The molecule has 0 N–H and O–H groups in total. The third-order valence-electron chi connectivity index (χ3n) is 2.56. The van der Waals surface area contributed by atoms with Gasteiger partial charge in [0.15, 0.2) is 0 Å². The third-order valence-corrected chi connectivity index (χ3v) is 4.71. The molecular weight excluding hydrogens is 318 g/mol. The second-order valence-electron chi connectivity index (χ2n) is 3.70. The molecule has 0 unspecified atom stereocenters. The lowest BCUT2D eigenvalue weighted by molar-refractivity contribution is -0.121. The molecule has 1 heterocycles. The molecule has 1 aromatic rings. The first-order valence-electron chi connectivity index (χ1n) is 4.97. The average molecular weight is 328 g/mol. The average Bonchev–Trinajstić information content (AvgIpc) is 2.56. The van der Waals surface area contributed by atoms with Gasteiger partial charge in [-0.15, -0.1) is 0 Å². The molecule has 88 valence electrons. The monoisotopic (exact) mass is 327 g/mol. The number of carbonyl (C=O) groups is 1. The summed E-state index contributed by atoms with van der Waals surface area (Å²) >= 11 is 9.91. The number of halogens is 1. The van der Waals surface area contributed by atoms with E-state index in [2.05, 4.69) is 15.9 Å². The van der Waals surface area contributed by atoms with E-state index in [9.17, 15) is 4.79 Å². The van der Waals surface area contributed by atoms with Crippen LogP contribution in [-0.4, -0.2) is 22.2 Å². The first-order chi connectivity index (χ1) is 8.00. The normalized spacial score (nSPS) is 18.9. The van der Waals surface area contributed by atoms with E-state index in [0.717, 1.165) is 20.5 Å². The van der Waals surface area contributed by atoms with Gasteiger partial charge in [-0.25, -0.2) is 0 Å². The van der Waals surface area contributed by atoms with Crippen LogP contribution < -0.4 is 0 Å². The summed E-state index contributed by atoms with van der Waals surface area (Å²) in [6.45, 7) is 1.95. The molecule has 1 saturated heterocycles. The second-order valence-corrected chi connectivity index (χ2v) is 6.26. The lowest BCUT2D eigenvalue weighted by Crippen LogP contribution is -2.22. The van der Waals surface area contributed by atoms with Crippen molar-refractivity contribution >= 4 is 55.7 Å². The molecule has 17 heavy (non-hydrogen) atoms. The van der Waals surface area contributed by atoms with Crippen molar-refractivity contribution < 1.29 is 4.79 Å². The molecular formula is C12H10BrNOS2. The highest BCUT2D eigenvalue weighted by Gasteiger charge is 2.30. The molecule has 0 radical (unpaired) electrons. The van der Waals surface area contributed by atoms with E-state index >= 15 is 0 Å². The number of likely N-dealkylation sites (N-methyl/N-ethyl adjacent to an activating group) is 1. The van der Waals surface area contributed by atoms with Gasteiger partial charge in [0.1, 0.15) is 4.32 Å². The summed E-state index contributed by atoms with van der Waals surface area (Å²) in [5.41, 5.74) is 2.00. The summed E-state index contributed by atoms with van der Waals surface area (Å²) < 4.78 is 1.61. The molecule has 2 nitrogen and oxygen atoms in total. The summed E-state index contributed by atoms with van der Waals surface area (Å²) in [5.74, 6) is -0.0162. The zero-order valence-electron chi connectivity index (χ0n) is 9.36. The Morgan fingerprint density at radius 2 is 2.18 bits per heavy atom. The number of rotatable bonds is 1. The van der Waals surface area contributed by atoms with Crippen LogP contribution in [0.3, 0.4) is 0 Å². The van der Waals surface area contributed by atoms with Crippen LogP contribution >= 0.6 is 39.9 Å². The number of thioether (sulfide) groups is 1. The van der Waals surface area contributed by atoms with Crippen molar-refractivity contribution in [2.45, 2.75) is 6.92 Å². The van der Waals surface area contributed by atoms with Gasteiger partial charge in [0, 0.05) is 11.5 Å². The topological polar surface area (TPSA) is 20.3 Å². The number of allylic oxidation sites excluding steroid dienone is 1. The summed E-state index contributed by atoms with van der Waals surface area (Å²) in [7, 11) is 1.71. The minimum atomic E-state index is -0.0162. The van der Waals surface area contributed by atoms with Crippen LogP contribution in [0.4, 0.5) is 0 Å². The SMILES string of the molecule is CC(=C1SC(=S)N(C)C1=O)c1cccc(Br)c1. The number of amides is 1. The van der Waals surface area contributed by atoms with Crippen molar-refractivity contribution in [1.29, 1.82) is 0 Å². The largest absolute Gasteiger partial charge is 0.296 e. The fourth-order valence-electron chi connectivity index (χ4n) is 1.52. The summed E-state index contributed by atoms with van der Waals surface area (Å²) in [5, 5.41) is 0. The fraction of sp³-hybridized carbons (Fsp3) is 0.167. The van der Waals surface area contributed by atoms with E-state index in [-0.39, 0.29) is 5.91 Å². The van der Waals surface area contributed by atoms with Crippen molar-refractivity contribution in [1.82, 2.24) is 4.90 Å². The summed E-state index contributed by atoms with van der Waals surface area (Å²) in [6, 6.07) is 7.90. The van der Waals surface area contributed by atoms with Crippen LogP contribution in [0.2, 0.25) is 0 Å². The zero-order valence-corrected chi connectivity index (χ0v) is 12.6. The van der Waals surface area contributed by atoms with E-state index in [1.165, 1.54) is 16.7 Å². The second kappa shape index (κ2) is 4.92. The first-order valence-corrected chi connectivity index (χ1v) is 6.99. The van der Waals surface area contributed by atoms with Gasteiger partial charge >= 0.3 is 0 Å². The zero-order chi connectivity index (χ0) is 12.6. The van der Waals surface area contributed by atoms with E-state index in [4.69, 9.17) is 12.2 Å². The maximum atomic E-state index is 12.0. The minimum Gasteiger partial charge on any atom is -0.296 e. The van der Waals surface area contributed by atoms with Crippen LogP contribution in [-0.2, 0) is 4.79 Å². The van der Waals surface area contributed by atoms with Crippen molar-refractivity contribution in [3.05, 3.63) is 39.2 Å². The molecule has 1 aliphatic heterocycles. The van der Waals surface area contributed by atoms with E-state index in [1.807, 2.05) is 31.2 Å². The molecule has 0 saturated carbocycles. The lowest BCUT2D eigenvalue weighted by atomic mass is 10.1. The van der Waals surface area contributed by atoms with Gasteiger partial charge in [-0.2, -0.15) is 0 Å². The standard InChI is InChI=1S/C12H10BrNOS2/c1-7(8-4-3-5-9(13)6-8)10-11(15)14(2)12(16)17-10/h3-6H,1-2H3. The smallest absolute Gasteiger partial charge is 0.266 e. The molecule has 5 heteroatoms. The summed E-state index contributed by atoms with van der Waals surface area (Å²) in [6.07, 6.45) is 0. The third kappa shape index (κ3) is 2.46. The Labute approximate surface area is 118 Å². The first kappa shape index (κ1) is 12.8. The fourth-order valence-corrected chi connectivity index (χ4v) is 3.15. The lowest BCUT2D eigenvalue weighted by Gasteiger charge is -2.06. The molecule has 1 amide bonds. The van der Waals surface area contributed by atoms with Gasteiger partial charge in [-0.3, -0.25) is 9.69 Å². The number of thiocarbonyl (C=S) groups is 1. The highest BCUT2D eigenvalue weighted by atomic mass is 79.9. The Kier molecular flexibility index (Phi) is 3.70. The van der Waals surface area contributed by atoms with Gasteiger partial charge in [-0.1, -0.05) is 52.0 Å². The van der Waals surface area contributed by atoms with Crippen LogP contribution in [0, 0.1) is 0 Å². The number of hydrogen-bond donors (Lipinski definition) is 0. The van der Waals surface area contributed by atoms with Crippen molar-refractivity contribution in [2.75, 3.05) is 7.05 Å². The van der Waals surface area contributed by atoms with Crippen molar-refractivity contribution in [3.8, 4) is 0 Å². The summed E-state index contributed by atoms with van der Waals surface area (Å²) in [4.78, 5) is 14.2. The Bertz CT molecular complexity index is 539. The maximum Gasteiger partial charge on any atom is 0.266 e. The number of carbonyl (C=O) groups excluding carboxylic acids is 1. The molecule has 0 aliphatic carbocycles. The van der Waals surface area contributed by atoms with E-state index in [0.29, 0.717) is 4.32 Å². The molecule has 0 bridgehead atoms. The van der Waals surface area contributed by atoms with Crippen molar-refractivity contribution in [3.63, 3.8) is 0 Å². The van der Waals surface area contributed by atoms with Gasteiger partial charge in [0.2, 0.25) is 0 Å². The molecule has 0 atom stereocenters. The minimum absolute atomic E-state index is 0.0162. The predicted molar refractivity (Wildman–Crippen MR) is 79.7 cm³/mol.